The number of carbonyl (C=O) groups excluding carboxylic acids is 1. The van der Waals surface area contributed by atoms with Gasteiger partial charge in [0.1, 0.15) is 4.83 Å². The average molecular weight is 457 g/mol. The number of rotatable bonds is 6. The molecule has 0 saturated heterocycles. The molecule has 0 radical (unpaired) electrons. The number of hydrogen-bond donors (Lipinski definition) is 1. The first-order valence-electron chi connectivity index (χ1n) is 10.8. The Kier molecular flexibility index (Phi) is 5.51. The third-order valence-electron chi connectivity index (χ3n) is 5.50. The SMILES string of the molecule is Cc1cc(C)n(-c2ccc(CNC(=O)c3cc4c(C)nn(Cc5ccccc5)c4s3)cn2)n1. The minimum Gasteiger partial charge on any atom is -0.347 e. The molecule has 1 aromatic carbocycles. The summed E-state index contributed by atoms with van der Waals surface area (Å²) in [5, 5.41) is 13.2. The quantitative estimate of drug-likeness (QED) is 0.406. The Bertz CT molecular complexity index is 1430. The van der Waals surface area contributed by atoms with Gasteiger partial charge in [0.05, 0.1) is 22.8 Å². The van der Waals surface area contributed by atoms with Crippen LogP contribution in [0.1, 0.15) is 37.9 Å². The van der Waals surface area contributed by atoms with Crippen LogP contribution in [0.4, 0.5) is 0 Å². The molecule has 0 aliphatic heterocycles. The topological polar surface area (TPSA) is 77.6 Å². The van der Waals surface area contributed by atoms with Crippen LogP contribution in [-0.4, -0.2) is 30.5 Å². The Balaban J connectivity index is 1.28. The third kappa shape index (κ3) is 4.29. The largest absolute Gasteiger partial charge is 0.347 e. The highest BCUT2D eigenvalue weighted by molar-refractivity contribution is 7.20. The Morgan fingerprint density at radius 1 is 1.00 bits per heavy atom. The molecule has 5 aromatic rings. The lowest BCUT2D eigenvalue weighted by Gasteiger charge is -2.06. The van der Waals surface area contributed by atoms with E-state index in [4.69, 9.17) is 0 Å². The maximum absolute atomic E-state index is 12.8. The zero-order valence-corrected chi connectivity index (χ0v) is 19.6. The molecule has 1 amide bonds. The summed E-state index contributed by atoms with van der Waals surface area (Å²) in [4.78, 5) is 19.0. The molecule has 7 nitrogen and oxygen atoms in total. The van der Waals surface area contributed by atoms with Gasteiger partial charge in [-0.3, -0.25) is 9.48 Å². The van der Waals surface area contributed by atoms with Crippen LogP contribution < -0.4 is 5.32 Å². The fraction of sp³-hybridized carbons (Fsp3) is 0.200. The third-order valence-corrected chi connectivity index (χ3v) is 6.64. The van der Waals surface area contributed by atoms with Crippen molar-refractivity contribution in [1.29, 1.82) is 0 Å². The number of amides is 1. The van der Waals surface area contributed by atoms with E-state index >= 15 is 0 Å². The maximum Gasteiger partial charge on any atom is 0.261 e. The van der Waals surface area contributed by atoms with E-state index in [9.17, 15) is 4.79 Å². The van der Waals surface area contributed by atoms with Crippen molar-refractivity contribution in [2.45, 2.75) is 33.9 Å². The predicted molar refractivity (Wildman–Crippen MR) is 130 cm³/mol. The van der Waals surface area contributed by atoms with Crippen molar-refractivity contribution >= 4 is 27.5 Å². The molecule has 166 valence electrons. The van der Waals surface area contributed by atoms with Gasteiger partial charge in [-0.15, -0.1) is 11.3 Å². The Labute approximate surface area is 195 Å². The van der Waals surface area contributed by atoms with Crippen LogP contribution in [0.15, 0.2) is 60.8 Å². The number of fused-ring (bicyclic) bond motifs is 1. The van der Waals surface area contributed by atoms with Crippen LogP contribution in [0, 0.1) is 20.8 Å². The number of aryl methyl sites for hydroxylation is 3. The van der Waals surface area contributed by atoms with Crippen LogP contribution >= 0.6 is 11.3 Å². The molecule has 4 aromatic heterocycles. The van der Waals surface area contributed by atoms with Crippen molar-refractivity contribution in [2.75, 3.05) is 0 Å². The minimum atomic E-state index is -0.0931. The first-order chi connectivity index (χ1) is 16.0. The van der Waals surface area contributed by atoms with Gasteiger partial charge >= 0.3 is 0 Å². The van der Waals surface area contributed by atoms with Gasteiger partial charge < -0.3 is 5.32 Å². The highest BCUT2D eigenvalue weighted by Crippen LogP contribution is 2.29. The molecular formula is C25H24N6OS. The molecule has 0 unspecified atom stereocenters. The number of aromatic nitrogens is 5. The second kappa shape index (κ2) is 8.63. The molecule has 0 bridgehead atoms. The van der Waals surface area contributed by atoms with E-state index in [2.05, 4.69) is 32.6 Å². The number of nitrogens with one attached hydrogen (secondary N) is 1. The van der Waals surface area contributed by atoms with Crippen molar-refractivity contribution in [3.05, 3.63) is 93.9 Å². The fourth-order valence-corrected chi connectivity index (χ4v) is 4.94. The minimum absolute atomic E-state index is 0.0931. The van der Waals surface area contributed by atoms with Gasteiger partial charge in [-0.05, 0) is 50.1 Å². The maximum atomic E-state index is 12.8. The summed E-state index contributed by atoms with van der Waals surface area (Å²) in [7, 11) is 0. The first kappa shape index (κ1) is 21.1. The normalized spacial score (nSPS) is 11.2. The number of thiophene rings is 1. The summed E-state index contributed by atoms with van der Waals surface area (Å²) in [6.45, 7) is 7.03. The summed E-state index contributed by atoms with van der Waals surface area (Å²) >= 11 is 1.47. The van der Waals surface area contributed by atoms with E-state index in [0.717, 1.165) is 38.7 Å². The molecule has 4 heterocycles. The number of carbonyl (C=O) groups is 1. The summed E-state index contributed by atoms with van der Waals surface area (Å²) in [5.74, 6) is 0.670. The predicted octanol–water partition coefficient (Wildman–Crippen LogP) is 4.58. The molecular weight excluding hydrogens is 432 g/mol. The van der Waals surface area contributed by atoms with Crippen molar-refractivity contribution in [1.82, 2.24) is 29.9 Å². The fourth-order valence-electron chi connectivity index (χ4n) is 3.86. The van der Waals surface area contributed by atoms with Crippen molar-refractivity contribution in [2.24, 2.45) is 0 Å². The van der Waals surface area contributed by atoms with E-state index in [0.29, 0.717) is 18.0 Å². The van der Waals surface area contributed by atoms with Gasteiger partial charge in [-0.2, -0.15) is 10.2 Å². The van der Waals surface area contributed by atoms with Crippen LogP contribution in [0.5, 0.6) is 0 Å². The van der Waals surface area contributed by atoms with Gasteiger partial charge in [0, 0.05) is 23.8 Å². The highest BCUT2D eigenvalue weighted by Gasteiger charge is 2.16. The lowest BCUT2D eigenvalue weighted by Crippen LogP contribution is -2.22. The molecule has 0 saturated carbocycles. The standard InChI is InChI=1S/C25H24N6OS/c1-16-11-17(2)31(28-16)23-10-9-20(13-26-23)14-27-24(32)22-12-21-18(3)29-30(25(21)33-22)15-19-7-5-4-6-8-19/h4-13H,14-15H2,1-3H3,(H,27,32). The molecule has 0 aliphatic carbocycles. The monoisotopic (exact) mass is 456 g/mol. The first-order valence-corrected chi connectivity index (χ1v) is 11.6. The molecule has 33 heavy (non-hydrogen) atoms. The van der Waals surface area contributed by atoms with E-state index in [1.165, 1.54) is 16.9 Å². The lowest BCUT2D eigenvalue weighted by atomic mass is 10.2. The molecule has 1 N–H and O–H groups in total. The summed E-state index contributed by atoms with van der Waals surface area (Å²) < 4.78 is 3.79. The van der Waals surface area contributed by atoms with E-state index < -0.39 is 0 Å². The molecule has 5 rings (SSSR count). The Hall–Kier alpha value is -3.78. The summed E-state index contributed by atoms with van der Waals surface area (Å²) in [5.41, 5.74) is 5.03. The van der Waals surface area contributed by atoms with Gasteiger partial charge in [-0.1, -0.05) is 36.4 Å². The molecule has 0 spiro atoms. The molecule has 0 aliphatic rings. The summed E-state index contributed by atoms with van der Waals surface area (Å²) in [6.07, 6.45) is 1.78. The zero-order valence-electron chi connectivity index (χ0n) is 18.7. The van der Waals surface area contributed by atoms with Crippen LogP contribution in [0.3, 0.4) is 0 Å². The number of hydrogen-bond acceptors (Lipinski definition) is 5. The number of benzene rings is 1. The average Bonchev–Trinajstić information content (AvgIpc) is 3.48. The van der Waals surface area contributed by atoms with Crippen molar-refractivity contribution in [3.63, 3.8) is 0 Å². The Morgan fingerprint density at radius 3 is 2.52 bits per heavy atom. The summed E-state index contributed by atoms with van der Waals surface area (Å²) in [6, 6.07) is 18.0. The van der Waals surface area contributed by atoms with Gasteiger partial charge in [0.2, 0.25) is 0 Å². The van der Waals surface area contributed by atoms with Crippen LogP contribution in [0.25, 0.3) is 16.0 Å². The Morgan fingerprint density at radius 2 is 1.82 bits per heavy atom. The smallest absolute Gasteiger partial charge is 0.261 e. The molecule has 8 heteroatoms. The van der Waals surface area contributed by atoms with Crippen molar-refractivity contribution < 1.29 is 4.79 Å². The molecule has 0 fully saturated rings. The zero-order chi connectivity index (χ0) is 22.9. The van der Waals surface area contributed by atoms with Crippen molar-refractivity contribution in [3.8, 4) is 5.82 Å². The van der Waals surface area contributed by atoms with Gasteiger partial charge in [0.15, 0.2) is 5.82 Å². The van der Waals surface area contributed by atoms with Gasteiger partial charge in [-0.25, -0.2) is 9.67 Å². The second-order valence-electron chi connectivity index (χ2n) is 8.10. The molecule has 0 atom stereocenters. The number of pyridine rings is 1. The van der Waals surface area contributed by atoms with Crippen LogP contribution in [0.2, 0.25) is 0 Å². The highest BCUT2D eigenvalue weighted by atomic mass is 32.1. The van der Waals surface area contributed by atoms with E-state index in [-0.39, 0.29) is 5.91 Å². The van der Waals surface area contributed by atoms with Crippen LogP contribution in [-0.2, 0) is 13.1 Å². The van der Waals surface area contributed by atoms with E-state index in [1.807, 2.05) is 72.6 Å². The second-order valence-corrected chi connectivity index (χ2v) is 9.14. The number of nitrogens with zero attached hydrogens (tertiary/aromatic N) is 5. The van der Waals surface area contributed by atoms with Gasteiger partial charge in [0.25, 0.3) is 5.91 Å². The van der Waals surface area contributed by atoms with E-state index in [1.54, 1.807) is 6.20 Å². The lowest BCUT2D eigenvalue weighted by molar-refractivity contribution is 0.0955.